The number of carbonyl (C=O) groups excluding carboxylic acids is 1. The zero-order valence-electron chi connectivity index (χ0n) is 13.1. The second-order valence-electron chi connectivity index (χ2n) is 5.04. The Morgan fingerprint density at radius 2 is 2.04 bits per heavy atom. The van der Waals surface area contributed by atoms with Crippen LogP contribution in [-0.2, 0) is 4.79 Å². The Morgan fingerprint density at radius 3 is 2.74 bits per heavy atom. The first-order chi connectivity index (χ1) is 11.0. The van der Waals surface area contributed by atoms with Crippen LogP contribution in [0.1, 0.15) is 21.6 Å². The number of amides is 1. The van der Waals surface area contributed by atoms with Gasteiger partial charge in [-0.3, -0.25) is 9.59 Å². The highest BCUT2D eigenvalue weighted by atomic mass is 32.2. The SMILES string of the molecule is Cc1ccccc1-n1ncc(C(=O)NCCSCC(=O)O)c1C. The van der Waals surface area contributed by atoms with Gasteiger partial charge in [-0.25, -0.2) is 4.68 Å². The first kappa shape index (κ1) is 17.1. The molecule has 0 bridgehead atoms. The zero-order valence-corrected chi connectivity index (χ0v) is 13.9. The molecule has 2 rings (SSSR count). The van der Waals surface area contributed by atoms with Gasteiger partial charge in [0.05, 0.1) is 28.9 Å². The molecule has 0 radical (unpaired) electrons. The van der Waals surface area contributed by atoms with Gasteiger partial charge < -0.3 is 10.4 Å². The van der Waals surface area contributed by atoms with Crippen molar-refractivity contribution in [2.45, 2.75) is 13.8 Å². The van der Waals surface area contributed by atoms with Crippen LogP contribution >= 0.6 is 11.8 Å². The maximum atomic E-state index is 12.2. The maximum Gasteiger partial charge on any atom is 0.313 e. The number of hydrogen-bond donors (Lipinski definition) is 2. The lowest BCUT2D eigenvalue weighted by molar-refractivity contribution is -0.133. The summed E-state index contributed by atoms with van der Waals surface area (Å²) in [7, 11) is 0. The Bertz CT molecular complexity index is 712. The Labute approximate surface area is 138 Å². The molecule has 122 valence electrons. The van der Waals surface area contributed by atoms with Crippen molar-refractivity contribution in [2.24, 2.45) is 0 Å². The van der Waals surface area contributed by atoms with Crippen molar-refractivity contribution in [1.29, 1.82) is 0 Å². The smallest absolute Gasteiger partial charge is 0.313 e. The van der Waals surface area contributed by atoms with Crippen LogP contribution in [0.3, 0.4) is 0 Å². The average molecular weight is 333 g/mol. The van der Waals surface area contributed by atoms with Crippen molar-refractivity contribution in [1.82, 2.24) is 15.1 Å². The van der Waals surface area contributed by atoms with Gasteiger partial charge in [0.2, 0.25) is 0 Å². The maximum absolute atomic E-state index is 12.2. The van der Waals surface area contributed by atoms with Gasteiger partial charge in [0.1, 0.15) is 0 Å². The minimum absolute atomic E-state index is 0.0418. The predicted octanol–water partition coefficient (Wildman–Crippen LogP) is 2.04. The van der Waals surface area contributed by atoms with Gasteiger partial charge in [-0.15, -0.1) is 11.8 Å². The molecule has 0 saturated heterocycles. The van der Waals surface area contributed by atoms with Crippen LogP contribution in [0.4, 0.5) is 0 Å². The number of aryl methyl sites for hydroxylation is 1. The minimum atomic E-state index is -0.850. The monoisotopic (exact) mass is 333 g/mol. The molecule has 0 saturated carbocycles. The van der Waals surface area contributed by atoms with E-state index in [4.69, 9.17) is 5.11 Å². The molecule has 7 heteroatoms. The predicted molar refractivity (Wildman–Crippen MR) is 90.3 cm³/mol. The Morgan fingerprint density at radius 1 is 1.30 bits per heavy atom. The van der Waals surface area contributed by atoms with Crippen molar-refractivity contribution in [2.75, 3.05) is 18.1 Å². The molecule has 2 N–H and O–H groups in total. The van der Waals surface area contributed by atoms with Crippen LogP contribution in [0.15, 0.2) is 30.5 Å². The van der Waals surface area contributed by atoms with E-state index in [1.807, 2.05) is 38.1 Å². The lowest BCUT2D eigenvalue weighted by atomic mass is 10.2. The topological polar surface area (TPSA) is 84.2 Å². The second-order valence-corrected chi connectivity index (χ2v) is 6.15. The summed E-state index contributed by atoms with van der Waals surface area (Å²) in [4.78, 5) is 22.6. The number of nitrogens with zero attached hydrogens (tertiary/aromatic N) is 2. The summed E-state index contributed by atoms with van der Waals surface area (Å²) < 4.78 is 1.75. The number of nitrogens with one attached hydrogen (secondary N) is 1. The molecule has 0 aliphatic heterocycles. The van der Waals surface area contributed by atoms with Crippen LogP contribution < -0.4 is 5.32 Å². The Kier molecular flexibility index (Phi) is 5.81. The fourth-order valence-corrected chi connectivity index (χ4v) is 2.73. The van der Waals surface area contributed by atoms with Gasteiger partial charge in [-0.1, -0.05) is 18.2 Å². The first-order valence-electron chi connectivity index (χ1n) is 7.19. The second kappa shape index (κ2) is 7.82. The molecule has 0 aliphatic rings. The number of carboxylic acid groups (broad SMARTS) is 1. The molecule has 0 aliphatic carbocycles. The van der Waals surface area contributed by atoms with E-state index >= 15 is 0 Å². The molecule has 1 heterocycles. The zero-order chi connectivity index (χ0) is 16.8. The summed E-state index contributed by atoms with van der Waals surface area (Å²) in [6, 6.07) is 7.85. The van der Waals surface area contributed by atoms with Crippen LogP contribution in [0.5, 0.6) is 0 Å². The van der Waals surface area contributed by atoms with E-state index in [9.17, 15) is 9.59 Å². The quantitative estimate of drug-likeness (QED) is 0.758. The lowest BCUT2D eigenvalue weighted by Crippen LogP contribution is -2.26. The Hall–Kier alpha value is -2.28. The number of carbonyl (C=O) groups is 2. The molecular weight excluding hydrogens is 314 g/mol. The van der Waals surface area contributed by atoms with Crippen LogP contribution in [0.25, 0.3) is 5.69 Å². The Balaban J connectivity index is 2.00. The van der Waals surface area contributed by atoms with E-state index in [2.05, 4.69) is 10.4 Å². The fourth-order valence-electron chi connectivity index (χ4n) is 2.17. The molecule has 23 heavy (non-hydrogen) atoms. The van der Waals surface area contributed by atoms with Crippen LogP contribution in [0.2, 0.25) is 0 Å². The number of para-hydroxylation sites is 1. The largest absolute Gasteiger partial charge is 0.481 e. The van der Waals surface area contributed by atoms with Gasteiger partial charge in [0, 0.05) is 12.3 Å². The highest BCUT2D eigenvalue weighted by Gasteiger charge is 2.15. The standard InChI is InChI=1S/C16H19N3O3S/c1-11-5-3-4-6-14(11)19-12(2)13(9-18-19)16(22)17-7-8-23-10-15(20)21/h3-6,9H,7-8,10H2,1-2H3,(H,17,22)(H,20,21). The average Bonchev–Trinajstić information content (AvgIpc) is 2.88. The van der Waals surface area contributed by atoms with E-state index in [0.717, 1.165) is 16.9 Å². The normalized spacial score (nSPS) is 10.5. The number of hydrogen-bond acceptors (Lipinski definition) is 4. The summed E-state index contributed by atoms with van der Waals surface area (Å²) in [5.41, 5.74) is 3.32. The first-order valence-corrected chi connectivity index (χ1v) is 8.34. The van der Waals surface area contributed by atoms with Crippen molar-refractivity contribution >= 4 is 23.6 Å². The summed E-state index contributed by atoms with van der Waals surface area (Å²) in [6.45, 7) is 4.27. The lowest BCUT2D eigenvalue weighted by Gasteiger charge is -2.08. The third kappa shape index (κ3) is 4.35. The van der Waals surface area contributed by atoms with Crippen LogP contribution in [-0.4, -0.2) is 44.8 Å². The summed E-state index contributed by atoms with van der Waals surface area (Å²) >= 11 is 1.27. The number of aromatic nitrogens is 2. The molecule has 2 aromatic rings. The third-order valence-electron chi connectivity index (χ3n) is 3.36. The van der Waals surface area contributed by atoms with Crippen molar-refractivity contribution in [3.8, 4) is 5.69 Å². The summed E-state index contributed by atoms with van der Waals surface area (Å²) in [6.07, 6.45) is 1.56. The molecule has 1 aromatic carbocycles. The molecule has 1 amide bonds. The number of aliphatic carboxylic acids is 1. The number of rotatable bonds is 7. The van der Waals surface area contributed by atoms with E-state index < -0.39 is 5.97 Å². The molecule has 0 spiro atoms. The van der Waals surface area contributed by atoms with Gasteiger partial charge in [0.25, 0.3) is 5.91 Å². The number of thioether (sulfide) groups is 1. The van der Waals surface area contributed by atoms with Crippen molar-refractivity contribution in [3.63, 3.8) is 0 Å². The molecule has 0 fully saturated rings. The molecule has 0 unspecified atom stereocenters. The third-order valence-corrected chi connectivity index (χ3v) is 4.30. The minimum Gasteiger partial charge on any atom is -0.481 e. The number of carboxylic acids is 1. The summed E-state index contributed by atoms with van der Waals surface area (Å²) in [5.74, 6) is -0.446. The van der Waals surface area contributed by atoms with Gasteiger partial charge >= 0.3 is 5.97 Å². The molecule has 0 atom stereocenters. The van der Waals surface area contributed by atoms with Crippen LogP contribution in [0, 0.1) is 13.8 Å². The summed E-state index contributed by atoms with van der Waals surface area (Å²) in [5, 5.41) is 15.6. The highest BCUT2D eigenvalue weighted by Crippen LogP contribution is 2.17. The van der Waals surface area contributed by atoms with Gasteiger partial charge in [-0.2, -0.15) is 5.10 Å². The fraction of sp³-hybridized carbons (Fsp3) is 0.312. The van der Waals surface area contributed by atoms with E-state index in [-0.39, 0.29) is 11.7 Å². The molecule has 6 nitrogen and oxygen atoms in total. The van der Waals surface area contributed by atoms with E-state index in [1.165, 1.54) is 11.8 Å². The van der Waals surface area contributed by atoms with Gasteiger partial charge in [0.15, 0.2) is 0 Å². The molecular formula is C16H19N3O3S. The molecule has 1 aromatic heterocycles. The van der Waals surface area contributed by atoms with Gasteiger partial charge in [-0.05, 0) is 25.5 Å². The van der Waals surface area contributed by atoms with E-state index in [0.29, 0.717) is 17.9 Å². The van der Waals surface area contributed by atoms with E-state index in [1.54, 1.807) is 10.9 Å². The number of benzene rings is 1. The van der Waals surface area contributed by atoms with Crippen molar-refractivity contribution in [3.05, 3.63) is 47.3 Å². The highest BCUT2D eigenvalue weighted by molar-refractivity contribution is 7.99. The van der Waals surface area contributed by atoms with Crippen molar-refractivity contribution < 1.29 is 14.7 Å².